The summed E-state index contributed by atoms with van der Waals surface area (Å²) in [5.74, 6) is -0.0649. The Morgan fingerprint density at radius 1 is 1.00 bits per heavy atom. The quantitative estimate of drug-likeness (QED) is 0.760. The second kappa shape index (κ2) is 4.49. The normalized spacial score (nSPS) is 10.6. The van der Waals surface area contributed by atoms with Crippen molar-refractivity contribution in [1.29, 1.82) is 0 Å². The van der Waals surface area contributed by atoms with Crippen LogP contribution in [0.15, 0.2) is 48.9 Å². The van der Waals surface area contributed by atoms with E-state index in [9.17, 15) is 4.39 Å². The van der Waals surface area contributed by atoms with E-state index in [1.807, 2.05) is 6.07 Å². The highest BCUT2D eigenvalue weighted by Crippen LogP contribution is 2.21. The number of halogens is 1. The van der Waals surface area contributed by atoms with E-state index in [1.54, 1.807) is 35.4 Å². The lowest BCUT2D eigenvalue weighted by atomic mass is 10.2. The van der Waals surface area contributed by atoms with Crippen LogP contribution < -0.4 is 5.73 Å². The number of rotatable bonds is 2. The van der Waals surface area contributed by atoms with E-state index in [-0.39, 0.29) is 11.8 Å². The maximum atomic E-state index is 12.9. The summed E-state index contributed by atoms with van der Waals surface area (Å²) in [5.41, 5.74) is 7.82. The van der Waals surface area contributed by atoms with Crippen molar-refractivity contribution >= 4 is 5.95 Å². The molecular formula is C13H10FN5. The van der Waals surface area contributed by atoms with E-state index in [0.717, 1.165) is 16.9 Å². The van der Waals surface area contributed by atoms with Crippen molar-refractivity contribution in [3.05, 3.63) is 54.7 Å². The first kappa shape index (κ1) is 11.3. The third-order valence-electron chi connectivity index (χ3n) is 2.68. The number of aromatic nitrogens is 4. The molecule has 0 amide bonds. The van der Waals surface area contributed by atoms with Crippen LogP contribution in [0.25, 0.3) is 16.9 Å². The van der Waals surface area contributed by atoms with Crippen LogP contribution in [0.3, 0.4) is 0 Å². The van der Waals surface area contributed by atoms with Gasteiger partial charge >= 0.3 is 0 Å². The molecule has 0 bridgehead atoms. The molecule has 0 saturated heterocycles. The van der Waals surface area contributed by atoms with Crippen LogP contribution in [-0.2, 0) is 0 Å². The zero-order valence-electron chi connectivity index (χ0n) is 9.86. The summed E-state index contributed by atoms with van der Waals surface area (Å²) < 4.78 is 14.6. The molecule has 0 radical (unpaired) electrons. The molecule has 0 aliphatic heterocycles. The smallest absolute Gasteiger partial charge is 0.219 e. The number of anilines is 1. The number of nitrogens with two attached hydrogens (primary N) is 1. The van der Waals surface area contributed by atoms with E-state index in [0.29, 0.717) is 0 Å². The van der Waals surface area contributed by atoms with Crippen molar-refractivity contribution in [2.75, 3.05) is 5.73 Å². The Morgan fingerprint density at radius 2 is 1.68 bits per heavy atom. The van der Waals surface area contributed by atoms with E-state index >= 15 is 0 Å². The minimum Gasteiger partial charge on any atom is -0.368 e. The van der Waals surface area contributed by atoms with Crippen molar-refractivity contribution in [2.24, 2.45) is 0 Å². The number of benzene rings is 1. The van der Waals surface area contributed by atoms with Gasteiger partial charge in [-0.3, -0.25) is 0 Å². The fourth-order valence-electron chi connectivity index (χ4n) is 1.78. The molecule has 0 spiro atoms. The maximum Gasteiger partial charge on any atom is 0.219 e. The standard InChI is InChI=1S/C13H10FN5/c14-10-1-3-11(4-2-10)19-12(5-6-18-19)9-7-16-13(15)17-8-9/h1-8H,(H2,15,16,17). The van der Waals surface area contributed by atoms with Gasteiger partial charge in [-0.05, 0) is 30.3 Å². The van der Waals surface area contributed by atoms with Gasteiger partial charge in [0, 0.05) is 18.0 Å². The lowest BCUT2D eigenvalue weighted by Gasteiger charge is -2.07. The zero-order valence-corrected chi connectivity index (χ0v) is 9.86. The maximum absolute atomic E-state index is 12.9. The second-order valence-electron chi connectivity index (χ2n) is 3.93. The minimum atomic E-state index is -0.284. The molecule has 2 aromatic heterocycles. The van der Waals surface area contributed by atoms with Crippen LogP contribution in [0, 0.1) is 5.82 Å². The van der Waals surface area contributed by atoms with Gasteiger partial charge in [0.1, 0.15) is 5.82 Å². The van der Waals surface area contributed by atoms with E-state index in [2.05, 4.69) is 15.1 Å². The molecule has 0 fully saturated rings. The lowest BCUT2D eigenvalue weighted by molar-refractivity contribution is 0.627. The Balaban J connectivity index is 2.07. The van der Waals surface area contributed by atoms with Gasteiger partial charge in [-0.1, -0.05) is 0 Å². The number of nitrogens with zero attached hydrogens (tertiary/aromatic N) is 4. The molecule has 0 unspecified atom stereocenters. The Hall–Kier alpha value is -2.76. The van der Waals surface area contributed by atoms with Crippen LogP contribution in [0.1, 0.15) is 0 Å². The molecule has 6 heteroatoms. The highest BCUT2D eigenvalue weighted by Gasteiger charge is 2.08. The van der Waals surface area contributed by atoms with Crippen molar-refractivity contribution < 1.29 is 4.39 Å². The van der Waals surface area contributed by atoms with Gasteiger partial charge in [0.2, 0.25) is 5.95 Å². The molecule has 2 N–H and O–H groups in total. The van der Waals surface area contributed by atoms with Crippen LogP contribution >= 0.6 is 0 Å². The first-order valence-corrected chi connectivity index (χ1v) is 5.62. The van der Waals surface area contributed by atoms with Crippen LogP contribution in [0.4, 0.5) is 10.3 Å². The molecule has 19 heavy (non-hydrogen) atoms. The zero-order chi connectivity index (χ0) is 13.2. The number of hydrogen-bond donors (Lipinski definition) is 1. The van der Waals surface area contributed by atoms with Crippen LogP contribution in [0.2, 0.25) is 0 Å². The molecule has 0 aliphatic carbocycles. The average Bonchev–Trinajstić information content (AvgIpc) is 2.90. The summed E-state index contributed by atoms with van der Waals surface area (Å²) in [4.78, 5) is 7.90. The number of hydrogen-bond acceptors (Lipinski definition) is 4. The Morgan fingerprint density at radius 3 is 2.37 bits per heavy atom. The molecule has 0 saturated carbocycles. The van der Waals surface area contributed by atoms with Gasteiger partial charge in [-0.2, -0.15) is 5.10 Å². The first-order chi connectivity index (χ1) is 9.24. The molecule has 3 aromatic rings. The topological polar surface area (TPSA) is 69.6 Å². The predicted octanol–water partition coefficient (Wildman–Crippen LogP) is 2.05. The van der Waals surface area contributed by atoms with Crippen molar-refractivity contribution in [2.45, 2.75) is 0 Å². The predicted molar refractivity (Wildman–Crippen MR) is 69.0 cm³/mol. The Labute approximate surface area is 108 Å². The van der Waals surface area contributed by atoms with Crippen LogP contribution in [0.5, 0.6) is 0 Å². The molecule has 3 rings (SSSR count). The monoisotopic (exact) mass is 255 g/mol. The fourth-order valence-corrected chi connectivity index (χ4v) is 1.78. The van der Waals surface area contributed by atoms with Gasteiger partial charge in [0.05, 0.1) is 17.6 Å². The highest BCUT2D eigenvalue weighted by molar-refractivity contribution is 5.60. The van der Waals surface area contributed by atoms with E-state index in [4.69, 9.17) is 5.73 Å². The fraction of sp³-hybridized carbons (Fsp3) is 0. The van der Waals surface area contributed by atoms with Crippen molar-refractivity contribution in [1.82, 2.24) is 19.7 Å². The summed E-state index contributed by atoms with van der Waals surface area (Å²) >= 11 is 0. The Bertz CT molecular complexity index is 628. The molecule has 0 atom stereocenters. The molecule has 0 aliphatic rings. The largest absolute Gasteiger partial charge is 0.368 e. The molecular weight excluding hydrogens is 245 g/mol. The summed E-state index contributed by atoms with van der Waals surface area (Å²) in [5, 5.41) is 4.22. The van der Waals surface area contributed by atoms with Gasteiger partial charge in [0.15, 0.2) is 0 Å². The summed E-state index contributed by atoms with van der Waals surface area (Å²) in [7, 11) is 0. The average molecular weight is 255 g/mol. The SMILES string of the molecule is Nc1ncc(-c2ccnn2-c2ccc(F)cc2)cn1. The third-order valence-corrected chi connectivity index (χ3v) is 2.68. The van der Waals surface area contributed by atoms with Gasteiger partial charge < -0.3 is 5.73 Å². The van der Waals surface area contributed by atoms with E-state index in [1.165, 1.54) is 12.1 Å². The molecule has 2 heterocycles. The van der Waals surface area contributed by atoms with Crippen molar-refractivity contribution in [3.8, 4) is 16.9 Å². The summed E-state index contributed by atoms with van der Waals surface area (Å²) in [6, 6.07) is 7.92. The molecule has 94 valence electrons. The first-order valence-electron chi connectivity index (χ1n) is 5.62. The number of nitrogen functional groups attached to an aromatic ring is 1. The molecule has 5 nitrogen and oxygen atoms in total. The van der Waals surface area contributed by atoms with Crippen LogP contribution in [-0.4, -0.2) is 19.7 Å². The minimum absolute atomic E-state index is 0.219. The lowest BCUT2D eigenvalue weighted by Crippen LogP contribution is -2.00. The Kier molecular flexibility index (Phi) is 2.68. The van der Waals surface area contributed by atoms with Crippen molar-refractivity contribution in [3.63, 3.8) is 0 Å². The third kappa shape index (κ3) is 2.15. The molecule has 1 aromatic carbocycles. The highest BCUT2D eigenvalue weighted by atomic mass is 19.1. The van der Waals surface area contributed by atoms with Gasteiger partial charge in [-0.25, -0.2) is 19.0 Å². The summed E-state index contributed by atoms with van der Waals surface area (Å²) in [6.45, 7) is 0. The van der Waals surface area contributed by atoms with Gasteiger partial charge in [0.25, 0.3) is 0 Å². The van der Waals surface area contributed by atoms with E-state index < -0.39 is 0 Å². The second-order valence-corrected chi connectivity index (χ2v) is 3.93. The van der Waals surface area contributed by atoms with Gasteiger partial charge in [-0.15, -0.1) is 0 Å². The summed E-state index contributed by atoms with van der Waals surface area (Å²) in [6.07, 6.45) is 4.91.